The van der Waals surface area contributed by atoms with Crippen molar-refractivity contribution >= 4 is 35.0 Å². The maximum atomic E-state index is 12.3. The van der Waals surface area contributed by atoms with Gasteiger partial charge in [-0.15, -0.1) is 0 Å². The number of carbonyl (C=O) groups excluding carboxylic acids is 4. The van der Waals surface area contributed by atoms with Crippen LogP contribution in [0, 0.1) is 0 Å². The zero-order valence-electron chi connectivity index (χ0n) is 15.1. The number of carbonyl (C=O) groups is 4. The summed E-state index contributed by atoms with van der Waals surface area (Å²) < 4.78 is 0. The van der Waals surface area contributed by atoms with Crippen LogP contribution in [0.1, 0.15) is 45.0 Å². The summed E-state index contributed by atoms with van der Waals surface area (Å²) in [7, 11) is 0. The Balaban J connectivity index is 2.90. The lowest BCUT2D eigenvalue weighted by atomic mass is 10.1. The van der Waals surface area contributed by atoms with Crippen LogP contribution in [0.15, 0.2) is 18.2 Å². The van der Waals surface area contributed by atoms with E-state index in [1.807, 2.05) is 20.8 Å². The molecule has 0 spiro atoms. The first-order chi connectivity index (χ1) is 11.5. The third kappa shape index (κ3) is 7.96. The van der Waals surface area contributed by atoms with Crippen molar-refractivity contribution < 1.29 is 19.2 Å². The Bertz CT molecular complexity index is 658. The predicted octanol–water partition coefficient (Wildman–Crippen LogP) is 1.25. The molecule has 136 valence electrons. The third-order valence-electron chi connectivity index (χ3n) is 2.76. The molecule has 25 heavy (non-hydrogen) atoms. The van der Waals surface area contributed by atoms with E-state index in [4.69, 9.17) is 0 Å². The van der Waals surface area contributed by atoms with E-state index in [0.29, 0.717) is 11.4 Å². The molecule has 0 aromatic heterocycles. The van der Waals surface area contributed by atoms with Gasteiger partial charge in [-0.2, -0.15) is 0 Å². The summed E-state index contributed by atoms with van der Waals surface area (Å²) in [4.78, 5) is 46.5. The fourth-order valence-corrected chi connectivity index (χ4v) is 2.03. The van der Waals surface area contributed by atoms with Crippen LogP contribution in [0.5, 0.6) is 0 Å². The first kappa shape index (κ1) is 20.1. The van der Waals surface area contributed by atoms with Crippen LogP contribution < -0.4 is 21.3 Å². The number of amides is 4. The molecule has 0 bridgehead atoms. The van der Waals surface area contributed by atoms with Crippen molar-refractivity contribution in [1.29, 1.82) is 0 Å². The van der Waals surface area contributed by atoms with Gasteiger partial charge in [0.05, 0.1) is 6.54 Å². The second-order valence-electron chi connectivity index (χ2n) is 6.64. The molecule has 0 aliphatic carbocycles. The van der Waals surface area contributed by atoms with Crippen LogP contribution in [0.3, 0.4) is 0 Å². The average molecular weight is 348 g/mol. The first-order valence-corrected chi connectivity index (χ1v) is 7.76. The van der Waals surface area contributed by atoms with Gasteiger partial charge in [0.15, 0.2) is 0 Å². The second-order valence-corrected chi connectivity index (χ2v) is 6.64. The van der Waals surface area contributed by atoms with Crippen molar-refractivity contribution in [2.75, 3.05) is 17.2 Å². The van der Waals surface area contributed by atoms with Crippen molar-refractivity contribution in [2.24, 2.45) is 0 Å². The van der Waals surface area contributed by atoms with Crippen molar-refractivity contribution in [3.05, 3.63) is 23.8 Å². The Morgan fingerprint density at radius 1 is 0.880 bits per heavy atom. The van der Waals surface area contributed by atoms with Crippen LogP contribution in [0.2, 0.25) is 0 Å². The summed E-state index contributed by atoms with van der Waals surface area (Å²) in [5.41, 5.74) is 0.538. The quantitative estimate of drug-likeness (QED) is 0.641. The van der Waals surface area contributed by atoms with E-state index in [-0.39, 0.29) is 29.8 Å². The van der Waals surface area contributed by atoms with E-state index in [2.05, 4.69) is 21.3 Å². The molecule has 0 saturated heterocycles. The molecule has 0 radical (unpaired) electrons. The number of rotatable bonds is 5. The standard InChI is InChI=1S/C17H24N4O4/c1-10(22)19-13-6-12(7-14(8-13)20-11(2)23)16(25)18-9-15(24)21-17(3,4)5/h6-8H,9H2,1-5H3,(H,18,25)(H,19,22)(H,20,23)(H,21,24). The van der Waals surface area contributed by atoms with E-state index in [1.165, 1.54) is 32.0 Å². The molecule has 0 atom stereocenters. The normalized spacial score (nSPS) is 10.6. The maximum Gasteiger partial charge on any atom is 0.251 e. The number of hydrogen-bond donors (Lipinski definition) is 4. The largest absolute Gasteiger partial charge is 0.350 e. The topological polar surface area (TPSA) is 116 Å². The summed E-state index contributed by atoms with van der Waals surface area (Å²) in [6.45, 7) is 8.00. The summed E-state index contributed by atoms with van der Waals surface area (Å²) in [5.74, 6) is -1.43. The Morgan fingerprint density at radius 2 is 1.36 bits per heavy atom. The minimum absolute atomic E-state index is 0.185. The Hall–Kier alpha value is -2.90. The second kappa shape index (κ2) is 8.27. The Kier molecular flexibility index (Phi) is 6.67. The molecule has 0 aliphatic rings. The molecule has 4 N–H and O–H groups in total. The summed E-state index contributed by atoms with van der Waals surface area (Å²) >= 11 is 0. The molecule has 0 unspecified atom stereocenters. The van der Waals surface area contributed by atoms with Crippen molar-refractivity contribution in [2.45, 2.75) is 40.2 Å². The van der Waals surface area contributed by atoms with E-state index in [0.717, 1.165) is 0 Å². The van der Waals surface area contributed by atoms with Gasteiger partial charge in [-0.1, -0.05) is 0 Å². The number of nitrogens with one attached hydrogen (secondary N) is 4. The molecule has 8 nitrogen and oxygen atoms in total. The van der Waals surface area contributed by atoms with Gasteiger partial charge in [-0.05, 0) is 39.0 Å². The van der Waals surface area contributed by atoms with Crippen molar-refractivity contribution in [1.82, 2.24) is 10.6 Å². The van der Waals surface area contributed by atoms with E-state index in [9.17, 15) is 19.2 Å². The molecule has 1 rings (SSSR count). The number of anilines is 2. The molecule has 1 aromatic carbocycles. The molecule has 0 heterocycles. The maximum absolute atomic E-state index is 12.3. The molecular weight excluding hydrogens is 324 g/mol. The van der Waals surface area contributed by atoms with Crippen LogP contribution in [0.25, 0.3) is 0 Å². The van der Waals surface area contributed by atoms with Gasteiger partial charge in [0, 0.05) is 36.3 Å². The van der Waals surface area contributed by atoms with E-state index in [1.54, 1.807) is 0 Å². The fourth-order valence-electron chi connectivity index (χ4n) is 2.03. The summed E-state index contributed by atoms with van der Waals surface area (Å²) in [6.07, 6.45) is 0. The zero-order valence-corrected chi connectivity index (χ0v) is 15.1. The lowest BCUT2D eigenvalue weighted by molar-refractivity contribution is -0.121. The Morgan fingerprint density at radius 3 is 1.76 bits per heavy atom. The summed E-state index contributed by atoms with van der Waals surface area (Å²) in [6, 6.07) is 4.46. The minimum Gasteiger partial charge on any atom is -0.350 e. The summed E-state index contributed by atoms with van der Waals surface area (Å²) in [5, 5.41) is 10.4. The Labute approximate surface area is 146 Å². The van der Waals surface area contributed by atoms with Crippen molar-refractivity contribution in [3.8, 4) is 0 Å². The van der Waals surface area contributed by atoms with Crippen molar-refractivity contribution in [3.63, 3.8) is 0 Å². The van der Waals surface area contributed by atoms with E-state index >= 15 is 0 Å². The molecule has 4 amide bonds. The molecule has 8 heteroatoms. The predicted molar refractivity (Wildman–Crippen MR) is 95.3 cm³/mol. The molecular formula is C17H24N4O4. The lowest BCUT2D eigenvalue weighted by Gasteiger charge is -2.20. The van der Waals surface area contributed by atoms with Crippen LogP contribution in [-0.4, -0.2) is 35.7 Å². The van der Waals surface area contributed by atoms with Gasteiger partial charge >= 0.3 is 0 Å². The molecule has 1 aromatic rings. The van der Waals surface area contributed by atoms with Gasteiger partial charge < -0.3 is 21.3 Å². The van der Waals surface area contributed by atoms with Crippen LogP contribution in [-0.2, 0) is 14.4 Å². The van der Waals surface area contributed by atoms with Gasteiger partial charge in [-0.25, -0.2) is 0 Å². The molecule has 0 aliphatic heterocycles. The van der Waals surface area contributed by atoms with Gasteiger partial charge in [0.1, 0.15) is 0 Å². The molecule has 0 saturated carbocycles. The zero-order chi connectivity index (χ0) is 19.2. The van der Waals surface area contributed by atoms with Gasteiger partial charge in [-0.3, -0.25) is 19.2 Å². The highest BCUT2D eigenvalue weighted by Gasteiger charge is 2.15. The SMILES string of the molecule is CC(=O)Nc1cc(NC(C)=O)cc(C(=O)NCC(=O)NC(C)(C)C)c1. The number of hydrogen-bond acceptors (Lipinski definition) is 4. The highest BCUT2D eigenvalue weighted by atomic mass is 16.2. The number of benzene rings is 1. The van der Waals surface area contributed by atoms with Gasteiger partial charge in [0.25, 0.3) is 5.91 Å². The highest BCUT2D eigenvalue weighted by Crippen LogP contribution is 2.19. The van der Waals surface area contributed by atoms with Crippen LogP contribution >= 0.6 is 0 Å². The average Bonchev–Trinajstić information content (AvgIpc) is 2.41. The van der Waals surface area contributed by atoms with Gasteiger partial charge in [0.2, 0.25) is 17.7 Å². The van der Waals surface area contributed by atoms with E-state index < -0.39 is 11.4 Å². The smallest absolute Gasteiger partial charge is 0.251 e. The minimum atomic E-state index is -0.497. The first-order valence-electron chi connectivity index (χ1n) is 7.76. The van der Waals surface area contributed by atoms with Crippen LogP contribution in [0.4, 0.5) is 11.4 Å². The fraction of sp³-hybridized carbons (Fsp3) is 0.412. The third-order valence-corrected chi connectivity index (χ3v) is 2.76. The highest BCUT2D eigenvalue weighted by molar-refractivity contribution is 6.01. The monoisotopic (exact) mass is 348 g/mol. The lowest BCUT2D eigenvalue weighted by Crippen LogP contribution is -2.45. The molecule has 0 fully saturated rings.